The molecule has 1 atom stereocenters. The highest BCUT2D eigenvalue weighted by molar-refractivity contribution is 5.80. The second kappa shape index (κ2) is 8.46. The smallest absolute Gasteiger partial charge is 0.194 e. The number of aliphatic imine (C=N–C) groups is 1. The van der Waals surface area contributed by atoms with E-state index in [1.165, 1.54) is 45.3 Å². The van der Waals surface area contributed by atoms with Gasteiger partial charge in [-0.2, -0.15) is 5.10 Å². The van der Waals surface area contributed by atoms with Crippen molar-refractivity contribution in [3.8, 4) is 0 Å². The van der Waals surface area contributed by atoms with Gasteiger partial charge in [-0.1, -0.05) is 6.42 Å². The zero-order valence-electron chi connectivity index (χ0n) is 15.1. The van der Waals surface area contributed by atoms with Gasteiger partial charge >= 0.3 is 0 Å². The minimum Gasteiger partial charge on any atom is -0.357 e. The van der Waals surface area contributed by atoms with Crippen LogP contribution in [0.25, 0.3) is 0 Å². The molecule has 7 nitrogen and oxygen atoms in total. The summed E-state index contributed by atoms with van der Waals surface area (Å²) in [6, 6.07) is 0. The van der Waals surface area contributed by atoms with E-state index in [-0.39, 0.29) is 0 Å². The molecule has 1 N–H and O–H groups in total. The molecule has 7 heteroatoms. The highest BCUT2D eigenvalue weighted by Crippen LogP contribution is 2.20. The molecule has 3 heterocycles. The number of likely N-dealkylation sites (tertiary alicyclic amines) is 2. The summed E-state index contributed by atoms with van der Waals surface area (Å²) < 4.78 is 1.79. The molecule has 2 saturated heterocycles. The van der Waals surface area contributed by atoms with Gasteiger partial charge in [0, 0.05) is 33.2 Å². The summed E-state index contributed by atoms with van der Waals surface area (Å²) in [4.78, 5) is 14.1. The summed E-state index contributed by atoms with van der Waals surface area (Å²) in [6.07, 6.45) is 7.01. The molecule has 0 radical (unpaired) electrons. The Morgan fingerprint density at radius 2 is 2.12 bits per heavy atom. The van der Waals surface area contributed by atoms with Crippen LogP contribution in [0.2, 0.25) is 0 Å². The molecule has 24 heavy (non-hydrogen) atoms. The molecule has 0 saturated carbocycles. The molecule has 0 bridgehead atoms. The van der Waals surface area contributed by atoms with Gasteiger partial charge in [0.1, 0.15) is 18.7 Å². The Bertz CT molecular complexity index is 533. The summed E-state index contributed by atoms with van der Waals surface area (Å²) in [6.45, 7) is 9.63. The van der Waals surface area contributed by atoms with Crippen molar-refractivity contribution in [2.45, 2.75) is 39.2 Å². The normalized spacial score (nSPS) is 23.0. The Labute approximate surface area is 145 Å². The topological polar surface area (TPSA) is 61.6 Å². The van der Waals surface area contributed by atoms with E-state index in [2.05, 4.69) is 32.1 Å². The van der Waals surface area contributed by atoms with E-state index < -0.39 is 0 Å². The number of hydrogen-bond acceptors (Lipinski definition) is 4. The van der Waals surface area contributed by atoms with Gasteiger partial charge in [0.15, 0.2) is 5.96 Å². The summed E-state index contributed by atoms with van der Waals surface area (Å²) in [5, 5.41) is 7.55. The first-order valence-electron chi connectivity index (χ1n) is 9.34. The van der Waals surface area contributed by atoms with Crippen LogP contribution in [0, 0.1) is 5.92 Å². The van der Waals surface area contributed by atoms with Crippen molar-refractivity contribution in [2.75, 3.05) is 39.3 Å². The summed E-state index contributed by atoms with van der Waals surface area (Å²) in [5.74, 6) is 2.68. The third-order valence-corrected chi connectivity index (χ3v) is 5.06. The van der Waals surface area contributed by atoms with Crippen LogP contribution in [0.5, 0.6) is 0 Å². The van der Waals surface area contributed by atoms with Crippen LogP contribution in [0.3, 0.4) is 0 Å². The zero-order chi connectivity index (χ0) is 16.8. The van der Waals surface area contributed by atoms with E-state index in [1.807, 2.05) is 7.05 Å². The average Bonchev–Trinajstić information content (AvgIpc) is 3.22. The Morgan fingerprint density at radius 1 is 1.29 bits per heavy atom. The number of piperidine rings is 1. The standard InChI is InChI=1S/C17H31N7/c1-3-18-17(19-11-16-20-14-21-22(16)2)24-10-7-15(13-24)12-23-8-5-4-6-9-23/h14-15H,3-13H2,1-2H3,(H,18,19). The van der Waals surface area contributed by atoms with Gasteiger partial charge in [0.2, 0.25) is 0 Å². The fraction of sp³-hybridized carbons (Fsp3) is 0.824. The summed E-state index contributed by atoms with van der Waals surface area (Å²) in [7, 11) is 1.91. The number of aryl methyl sites for hydroxylation is 1. The maximum absolute atomic E-state index is 4.77. The maximum Gasteiger partial charge on any atom is 0.194 e. The van der Waals surface area contributed by atoms with Crippen molar-refractivity contribution < 1.29 is 0 Å². The van der Waals surface area contributed by atoms with Crippen molar-refractivity contribution in [2.24, 2.45) is 18.0 Å². The molecular formula is C17H31N7. The zero-order valence-corrected chi connectivity index (χ0v) is 15.1. The van der Waals surface area contributed by atoms with E-state index in [9.17, 15) is 0 Å². The van der Waals surface area contributed by atoms with Gasteiger partial charge in [-0.15, -0.1) is 0 Å². The van der Waals surface area contributed by atoms with E-state index >= 15 is 0 Å². The lowest BCUT2D eigenvalue weighted by atomic mass is 10.1. The molecular weight excluding hydrogens is 302 g/mol. The molecule has 0 aromatic carbocycles. The number of rotatable bonds is 5. The van der Waals surface area contributed by atoms with Crippen molar-refractivity contribution >= 4 is 5.96 Å². The van der Waals surface area contributed by atoms with E-state index in [0.717, 1.165) is 37.3 Å². The molecule has 1 aromatic heterocycles. The maximum atomic E-state index is 4.77. The van der Waals surface area contributed by atoms with Gasteiger partial charge < -0.3 is 15.1 Å². The number of nitrogens with zero attached hydrogens (tertiary/aromatic N) is 6. The van der Waals surface area contributed by atoms with Gasteiger partial charge in [0.05, 0.1) is 0 Å². The predicted molar refractivity (Wildman–Crippen MR) is 95.8 cm³/mol. The molecule has 2 aliphatic heterocycles. The first-order valence-corrected chi connectivity index (χ1v) is 9.34. The summed E-state index contributed by atoms with van der Waals surface area (Å²) in [5.41, 5.74) is 0. The first kappa shape index (κ1) is 17.2. The minimum atomic E-state index is 0.576. The first-order chi connectivity index (χ1) is 11.8. The SMILES string of the molecule is CCNC(=NCc1ncnn1C)N1CCC(CN2CCCCC2)C1. The molecule has 0 aliphatic carbocycles. The molecule has 3 rings (SSSR count). The molecule has 0 amide bonds. The van der Waals surface area contributed by atoms with Crippen LogP contribution >= 0.6 is 0 Å². The third-order valence-electron chi connectivity index (χ3n) is 5.06. The lowest BCUT2D eigenvalue weighted by molar-refractivity contribution is 0.198. The van der Waals surface area contributed by atoms with E-state index in [0.29, 0.717) is 6.54 Å². The number of guanidine groups is 1. The van der Waals surface area contributed by atoms with Gasteiger partial charge in [-0.3, -0.25) is 4.68 Å². The average molecular weight is 333 g/mol. The highest BCUT2D eigenvalue weighted by atomic mass is 15.3. The van der Waals surface area contributed by atoms with Crippen LogP contribution in [0.15, 0.2) is 11.3 Å². The third kappa shape index (κ3) is 4.47. The Balaban J connectivity index is 1.55. The van der Waals surface area contributed by atoms with E-state index in [4.69, 9.17) is 4.99 Å². The predicted octanol–water partition coefficient (Wildman–Crippen LogP) is 1.09. The Morgan fingerprint density at radius 3 is 2.83 bits per heavy atom. The quantitative estimate of drug-likeness (QED) is 0.646. The fourth-order valence-corrected chi connectivity index (χ4v) is 3.72. The largest absolute Gasteiger partial charge is 0.357 e. The van der Waals surface area contributed by atoms with Crippen LogP contribution < -0.4 is 5.32 Å². The Hall–Kier alpha value is -1.63. The highest BCUT2D eigenvalue weighted by Gasteiger charge is 2.27. The van der Waals surface area contributed by atoms with E-state index in [1.54, 1.807) is 11.0 Å². The molecule has 0 spiro atoms. The molecule has 134 valence electrons. The van der Waals surface area contributed by atoms with Gasteiger partial charge in [-0.05, 0) is 45.2 Å². The molecule has 2 aliphatic rings. The molecule has 1 aromatic rings. The van der Waals surface area contributed by atoms with Crippen molar-refractivity contribution in [3.05, 3.63) is 12.2 Å². The minimum absolute atomic E-state index is 0.576. The lowest BCUT2D eigenvalue weighted by Gasteiger charge is -2.29. The second-order valence-electron chi connectivity index (χ2n) is 6.93. The van der Waals surface area contributed by atoms with Crippen LogP contribution in [0.1, 0.15) is 38.4 Å². The second-order valence-corrected chi connectivity index (χ2v) is 6.93. The van der Waals surface area contributed by atoms with Crippen molar-refractivity contribution in [1.82, 2.24) is 29.9 Å². The number of aromatic nitrogens is 3. The van der Waals surface area contributed by atoms with Crippen LogP contribution in [-0.4, -0.2) is 69.8 Å². The summed E-state index contributed by atoms with van der Waals surface area (Å²) >= 11 is 0. The number of nitrogens with one attached hydrogen (secondary N) is 1. The monoisotopic (exact) mass is 333 g/mol. The van der Waals surface area contributed by atoms with Crippen molar-refractivity contribution in [3.63, 3.8) is 0 Å². The van der Waals surface area contributed by atoms with Gasteiger partial charge in [0.25, 0.3) is 0 Å². The van der Waals surface area contributed by atoms with Gasteiger partial charge in [-0.25, -0.2) is 9.98 Å². The lowest BCUT2D eigenvalue weighted by Crippen LogP contribution is -2.41. The van der Waals surface area contributed by atoms with Crippen LogP contribution in [-0.2, 0) is 13.6 Å². The Kier molecular flexibility index (Phi) is 6.07. The fourth-order valence-electron chi connectivity index (χ4n) is 3.72. The van der Waals surface area contributed by atoms with Crippen LogP contribution in [0.4, 0.5) is 0 Å². The number of hydrogen-bond donors (Lipinski definition) is 1. The molecule has 1 unspecified atom stereocenters. The van der Waals surface area contributed by atoms with Crippen molar-refractivity contribution in [1.29, 1.82) is 0 Å². The molecule has 2 fully saturated rings.